The van der Waals surface area contributed by atoms with Gasteiger partial charge in [-0.25, -0.2) is 9.97 Å². The van der Waals surface area contributed by atoms with Crippen molar-refractivity contribution in [2.24, 2.45) is 0 Å². The van der Waals surface area contributed by atoms with E-state index < -0.39 is 0 Å². The van der Waals surface area contributed by atoms with Crippen LogP contribution in [0.2, 0.25) is 0 Å². The number of phenols is 2. The predicted octanol–water partition coefficient (Wildman–Crippen LogP) is 2.13. The number of nitrogens with zero attached hydrogens (tertiary/aromatic N) is 3. The molecule has 2 aromatic carbocycles. The van der Waals surface area contributed by atoms with Crippen LogP contribution in [0.3, 0.4) is 0 Å². The molecule has 2 aromatic heterocycles. The van der Waals surface area contributed by atoms with Gasteiger partial charge in [-0.05, 0) is 36.4 Å². The minimum Gasteiger partial charge on any atom is -0.504 e. The lowest BCUT2D eigenvalue weighted by molar-refractivity contribution is 0.404. The van der Waals surface area contributed by atoms with Gasteiger partial charge in [0.1, 0.15) is 0 Å². The molecular weight excluding hydrogens is 294 g/mol. The van der Waals surface area contributed by atoms with Gasteiger partial charge in [0.2, 0.25) is 0 Å². The van der Waals surface area contributed by atoms with Crippen molar-refractivity contribution in [2.45, 2.75) is 0 Å². The smallest absolute Gasteiger partial charge is 0.180 e. The van der Waals surface area contributed by atoms with Gasteiger partial charge in [0.25, 0.3) is 0 Å². The lowest BCUT2D eigenvalue weighted by Gasteiger charge is -2.09. The predicted molar refractivity (Wildman–Crippen MR) is 88.1 cm³/mol. The molecule has 7 nitrogen and oxygen atoms in total. The second-order valence-electron chi connectivity index (χ2n) is 5.25. The van der Waals surface area contributed by atoms with E-state index in [4.69, 9.17) is 11.5 Å². The lowest BCUT2D eigenvalue weighted by atomic mass is 10.1. The average molecular weight is 307 g/mol. The van der Waals surface area contributed by atoms with E-state index in [1.807, 2.05) is 10.5 Å². The van der Waals surface area contributed by atoms with Gasteiger partial charge in [-0.1, -0.05) is 0 Å². The van der Waals surface area contributed by atoms with E-state index >= 15 is 0 Å². The number of benzene rings is 2. The minimum absolute atomic E-state index is 0.179. The summed E-state index contributed by atoms with van der Waals surface area (Å²) in [5, 5.41) is 19.2. The zero-order valence-corrected chi connectivity index (χ0v) is 11.9. The van der Waals surface area contributed by atoms with Crippen molar-refractivity contribution in [3.05, 3.63) is 42.6 Å². The van der Waals surface area contributed by atoms with Crippen LogP contribution in [0.25, 0.3) is 27.9 Å². The number of nitrogen functional groups attached to an aromatic ring is 2. The van der Waals surface area contributed by atoms with Gasteiger partial charge < -0.3 is 21.7 Å². The Balaban J connectivity index is 2.11. The van der Waals surface area contributed by atoms with E-state index in [1.165, 1.54) is 12.1 Å². The fourth-order valence-corrected chi connectivity index (χ4v) is 2.66. The van der Waals surface area contributed by atoms with Gasteiger partial charge in [-0.3, -0.25) is 4.40 Å². The fourth-order valence-electron chi connectivity index (χ4n) is 2.66. The first-order valence-electron chi connectivity index (χ1n) is 6.89. The molecule has 0 bridgehead atoms. The van der Waals surface area contributed by atoms with Gasteiger partial charge in [0, 0.05) is 11.3 Å². The number of aromatic hydroxyl groups is 2. The molecule has 0 amide bonds. The van der Waals surface area contributed by atoms with Gasteiger partial charge in [0.15, 0.2) is 23.0 Å². The maximum Gasteiger partial charge on any atom is 0.180 e. The summed E-state index contributed by atoms with van der Waals surface area (Å²) in [7, 11) is 0. The van der Waals surface area contributed by atoms with Crippen molar-refractivity contribution < 1.29 is 10.2 Å². The first kappa shape index (κ1) is 13.2. The van der Waals surface area contributed by atoms with Gasteiger partial charge in [-0.15, -0.1) is 0 Å². The summed E-state index contributed by atoms with van der Waals surface area (Å²) in [5.41, 5.74) is 15.8. The van der Waals surface area contributed by atoms with Crippen LogP contribution in [-0.2, 0) is 0 Å². The highest BCUT2D eigenvalue weighted by atomic mass is 16.3. The molecule has 0 radical (unpaired) electrons. The van der Waals surface area contributed by atoms with Crippen molar-refractivity contribution >= 4 is 28.2 Å². The lowest BCUT2D eigenvalue weighted by Crippen LogP contribution is -2.00. The molecule has 0 aliphatic carbocycles. The van der Waals surface area contributed by atoms with Gasteiger partial charge in [0.05, 0.1) is 22.9 Å². The minimum atomic E-state index is -0.201. The number of fused-ring (bicyclic) bond motifs is 3. The molecule has 0 fully saturated rings. The Morgan fingerprint density at radius 3 is 2.57 bits per heavy atom. The summed E-state index contributed by atoms with van der Waals surface area (Å²) >= 11 is 0. The first-order chi connectivity index (χ1) is 11.0. The van der Waals surface area contributed by atoms with Crippen LogP contribution in [0.1, 0.15) is 0 Å². The quantitative estimate of drug-likeness (QED) is 0.315. The summed E-state index contributed by atoms with van der Waals surface area (Å²) in [6, 6.07) is 9.95. The molecule has 0 saturated carbocycles. The Morgan fingerprint density at radius 1 is 0.957 bits per heavy atom. The first-order valence-corrected chi connectivity index (χ1v) is 6.89. The van der Waals surface area contributed by atoms with E-state index in [9.17, 15) is 10.2 Å². The molecule has 7 heteroatoms. The van der Waals surface area contributed by atoms with Crippen LogP contribution < -0.4 is 11.5 Å². The summed E-state index contributed by atoms with van der Waals surface area (Å²) in [6.45, 7) is 0. The maximum atomic E-state index is 9.74. The Labute approximate surface area is 130 Å². The molecule has 2 heterocycles. The number of imidazole rings is 1. The molecule has 0 saturated heterocycles. The number of nitrogens with two attached hydrogens (primary N) is 2. The molecule has 0 aliphatic heterocycles. The zero-order valence-electron chi connectivity index (χ0n) is 11.9. The molecule has 114 valence electrons. The highest BCUT2D eigenvalue weighted by molar-refractivity contribution is 5.87. The van der Waals surface area contributed by atoms with Crippen molar-refractivity contribution in [3.8, 4) is 22.8 Å². The van der Waals surface area contributed by atoms with Crippen LogP contribution >= 0.6 is 0 Å². The standard InChI is InChI=1S/C16H13N5O2/c17-9-2-3-11-10(6-9)20-15(18)16-19-7-12(21(11)16)8-1-4-13(22)14(23)5-8/h1-7,22-23H,17H2,(H2,18,20). The molecule has 0 spiro atoms. The summed E-state index contributed by atoms with van der Waals surface area (Å²) in [6.07, 6.45) is 1.65. The molecule has 4 rings (SSSR count). The molecule has 6 N–H and O–H groups in total. The highest BCUT2D eigenvalue weighted by Gasteiger charge is 2.14. The summed E-state index contributed by atoms with van der Waals surface area (Å²) < 4.78 is 1.85. The Morgan fingerprint density at radius 2 is 1.78 bits per heavy atom. The van der Waals surface area contributed by atoms with Gasteiger partial charge in [-0.2, -0.15) is 0 Å². The second-order valence-corrected chi connectivity index (χ2v) is 5.25. The molecule has 0 unspecified atom stereocenters. The number of rotatable bonds is 1. The Kier molecular flexibility index (Phi) is 2.59. The monoisotopic (exact) mass is 307 g/mol. The molecule has 0 aliphatic rings. The van der Waals surface area contributed by atoms with Crippen LogP contribution in [-0.4, -0.2) is 24.6 Å². The number of anilines is 2. The van der Waals surface area contributed by atoms with E-state index in [0.717, 1.165) is 11.2 Å². The molecular formula is C16H13N5O2. The molecule has 4 aromatic rings. The molecule has 23 heavy (non-hydrogen) atoms. The van der Waals surface area contributed by atoms with E-state index in [0.29, 0.717) is 22.4 Å². The number of hydrogen-bond donors (Lipinski definition) is 4. The van der Waals surface area contributed by atoms with Crippen LogP contribution in [0.15, 0.2) is 42.6 Å². The molecule has 0 atom stereocenters. The van der Waals surface area contributed by atoms with E-state index in [2.05, 4.69) is 9.97 Å². The maximum absolute atomic E-state index is 9.74. The second kappa shape index (κ2) is 4.51. The third kappa shape index (κ3) is 1.90. The third-order valence-electron chi connectivity index (χ3n) is 3.74. The van der Waals surface area contributed by atoms with E-state index in [1.54, 1.807) is 24.4 Å². The number of hydrogen-bond acceptors (Lipinski definition) is 6. The number of phenolic OH excluding ortho intramolecular Hbond substituents is 2. The largest absolute Gasteiger partial charge is 0.504 e. The Hall–Kier alpha value is -3.48. The van der Waals surface area contributed by atoms with Crippen LogP contribution in [0.5, 0.6) is 11.5 Å². The van der Waals surface area contributed by atoms with Crippen molar-refractivity contribution in [1.29, 1.82) is 0 Å². The fraction of sp³-hybridized carbons (Fsp3) is 0. The van der Waals surface area contributed by atoms with Crippen molar-refractivity contribution in [3.63, 3.8) is 0 Å². The van der Waals surface area contributed by atoms with E-state index in [-0.39, 0.29) is 17.3 Å². The van der Waals surface area contributed by atoms with Crippen molar-refractivity contribution in [1.82, 2.24) is 14.4 Å². The number of aromatic nitrogens is 3. The summed E-state index contributed by atoms with van der Waals surface area (Å²) in [5.74, 6) is -0.0910. The highest BCUT2D eigenvalue weighted by Crippen LogP contribution is 2.33. The van der Waals surface area contributed by atoms with Crippen molar-refractivity contribution in [2.75, 3.05) is 11.5 Å². The zero-order chi connectivity index (χ0) is 16.1. The van der Waals surface area contributed by atoms with Crippen LogP contribution in [0.4, 0.5) is 11.5 Å². The Bertz CT molecular complexity index is 1070. The van der Waals surface area contributed by atoms with Crippen LogP contribution in [0, 0.1) is 0 Å². The third-order valence-corrected chi connectivity index (χ3v) is 3.74. The summed E-state index contributed by atoms with van der Waals surface area (Å²) in [4.78, 5) is 8.65. The van der Waals surface area contributed by atoms with Gasteiger partial charge >= 0.3 is 0 Å². The normalized spacial score (nSPS) is 11.3. The SMILES string of the molecule is Nc1ccc2c(c1)nc(N)c1ncc(-c3ccc(O)c(O)c3)n12. The topological polar surface area (TPSA) is 123 Å². The average Bonchev–Trinajstić information content (AvgIpc) is 2.95.